The third kappa shape index (κ3) is 5.96. The Morgan fingerprint density at radius 2 is 2.06 bits per heavy atom. The lowest BCUT2D eigenvalue weighted by Crippen LogP contribution is -2.10. The van der Waals surface area contributed by atoms with E-state index in [2.05, 4.69) is 15.7 Å². The summed E-state index contributed by atoms with van der Waals surface area (Å²) in [5.74, 6) is 5.68. The summed E-state index contributed by atoms with van der Waals surface area (Å²) in [5.41, 5.74) is 3.17. The summed E-state index contributed by atoms with van der Waals surface area (Å²) < 4.78 is 35.6. The van der Waals surface area contributed by atoms with Gasteiger partial charge in [0.15, 0.2) is 0 Å². The highest BCUT2D eigenvalue weighted by molar-refractivity contribution is 5.51. The van der Waals surface area contributed by atoms with Crippen molar-refractivity contribution in [1.82, 2.24) is 4.98 Å². The van der Waals surface area contributed by atoms with Crippen molar-refractivity contribution in [2.24, 2.45) is 5.84 Å². The summed E-state index contributed by atoms with van der Waals surface area (Å²) in [6.07, 6.45) is -2.64. The van der Waals surface area contributed by atoms with Gasteiger partial charge in [0, 0.05) is 30.9 Å². The zero-order chi connectivity index (χ0) is 12.7. The lowest BCUT2D eigenvalue weighted by Gasteiger charge is -2.08. The van der Waals surface area contributed by atoms with Gasteiger partial charge in [0.05, 0.1) is 0 Å². The van der Waals surface area contributed by atoms with E-state index in [1.165, 1.54) is 0 Å². The number of nitrogen functional groups attached to an aromatic ring is 1. The number of nitrogens with one attached hydrogen (secondary N) is 2. The Balaban J connectivity index is 2.22. The number of aromatic nitrogens is 1. The molecule has 7 heteroatoms. The van der Waals surface area contributed by atoms with Gasteiger partial charge in [-0.15, -0.1) is 0 Å². The molecule has 1 heterocycles. The monoisotopic (exact) mass is 248 g/mol. The Morgan fingerprint density at radius 1 is 1.29 bits per heavy atom. The van der Waals surface area contributed by atoms with E-state index >= 15 is 0 Å². The topological polar surface area (TPSA) is 63.0 Å². The predicted octanol–water partition coefficient (Wildman–Crippen LogP) is 2.51. The van der Waals surface area contributed by atoms with Crippen LogP contribution in [0.5, 0.6) is 0 Å². The van der Waals surface area contributed by atoms with Gasteiger partial charge in [-0.25, -0.2) is 10.8 Å². The molecule has 0 aromatic carbocycles. The lowest BCUT2D eigenvalue weighted by atomic mass is 10.2. The number of halogens is 3. The number of rotatable bonds is 6. The molecule has 0 unspecified atom stereocenters. The fraction of sp³-hybridized carbons (Fsp3) is 0.500. The molecule has 0 saturated heterocycles. The van der Waals surface area contributed by atoms with Crippen LogP contribution in [0.4, 0.5) is 24.7 Å². The average molecular weight is 248 g/mol. The Labute approximate surface area is 97.4 Å². The number of hydrazine groups is 1. The molecule has 4 N–H and O–H groups in total. The quantitative estimate of drug-likeness (QED) is 0.411. The normalized spacial score (nSPS) is 11.3. The molecule has 1 rings (SSSR count). The van der Waals surface area contributed by atoms with E-state index < -0.39 is 12.6 Å². The lowest BCUT2D eigenvalue weighted by molar-refractivity contribution is -0.135. The SMILES string of the molecule is NNc1cc(NCCCCC(F)(F)F)ccn1. The van der Waals surface area contributed by atoms with Crippen LogP contribution < -0.4 is 16.6 Å². The molecule has 0 amide bonds. The van der Waals surface area contributed by atoms with Crippen molar-refractivity contribution in [3.05, 3.63) is 18.3 Å². The molecule has 0 radical (unpaired) electrons. The number of nitrogens with zero attached hydrogens (tertiary/aromatic N) is 1. The van der Waals surface area contributed by atoms with Gasteiger partial charge in [0.1, 0.15) is 5.82 Å². The second-order valence-corrected chi connectivity index (χ2v) is 3.57. The van der Waals surface area contributed by atoms with Gasteiger partial charge in [-0.3, -0.25) is 0 Å². The maximum Gasteiger partial charge on any atom is 0.389 e. The van der Waals surface area contributed by atoms with E-state index in [4.69, 9.17) is 5.84 Å². The number of pyridine rings is 1. The Morgan fingerprint density at radius 3 is 2.71 bits per heavy atom. The van der Waals surface area contributed by atoms with Gasteiger partial charge in [0.2, 0.25) is 0 Å². The molecule has 0 bridgehead atoms. The van der Waals surface area contributed by atoms with E-state index in [1.54, 1.807) is 18.3 Å². The van der Waals surface area contributed by atoms with Crippen LogP contribution in [0, 0.1) is 0 Å². The first-order valence-electron chi connectivity index (χ1n) is 5.24. The smallest absolute Gasteiger partial charge is 0.385 e. The van der Waals surface area contributed by atoms with Crippen LogP contribution in [0.1, 0.15) is 19.3 Å². The largest absolute Gasteiger partial charge is 0.389 e. The van der Waals surface area contributed by atoms with Crippen LogP contribution in [0.25, 0.3) is 0 Å². The summed E-state index contributed by atoms with van der Waals surface area (Å²) in [6, 6.07) is 3.41. The fourth-order valence-electron chi connectivity index (χ4n) is 1.30. The number of alkyl halides is 3. The Bertz CT molecular complexity index is 341. The predicted molar refractivity (Wildman–Crippen MR) is 60.4 cm³/mol. The van der Waals surface area contributed by atoms with Gasteiger partial charge < -0.3 is 10.7 Å². The first kappa shape index (κ1) is 13.6. The van der Waals surface area contributed by atoms with Crippen molar-refractivity contribution >= 4 is 11.5 Å². The second kappa shape index (κ2) is 6.29. The van der Waals surface area contributed by atoms with Crippen molar-refractivity contribution in [3.8, 4) is 0 Å². The highest BCUT2D eigenvalue weighted by Gasteiger charge is 2.25. The van der Waals surface area contributed by atoms with E-state index in [1.807, 2.05) is 0 Å². The Hall–Kier alpha value is -1.50. The highest BCUT2D eigenvalue weighted by Crippen LogP contribution is 2.22. The van der Waals surface area contributed by atoms with Crippen molar-refractivity contribution in [3.63, 3.8) is 0 Å². The summed E-state index contributed by atoms with van der Waals surface area (Å²) in [4.78, 5) is 3.91. The van der Waals surface area contributed by atoms with E-state index in [9.17, 15) is 13.2 Å². The summed E-state index contributed by atoms with van der Waals surface area (Å²) in [7, 11) is 0. The molecule has 0 atom stereocenters. The maximum atomic E-state index is 11.9. The van der Waals surface area contributed by atoms with E-state index in [-0.39, 0.29) is 6.42 Å². The number of hydrogen-bond acceptors (Lipinski definition) is 4. The molecule has 0 spiro atoms. The van der Waals surface area contributed by atoms with Gasteiger partial charge in [0.25, 0.3) is 0 Å². The molecule has 17 heavy (non-hydrogen) atoms. The number of anilines is 2. The molecular formula is C10H15F3N4. The average Bonchev–Trinajstić information content (AvgIpc) is 2.27. The maximum absolute atomic E-state index is 11.9. The third-order valence-corrected chi connectivity index (χ3v) is 2.12. The van der Waals surface area contributed by atoms with Crippen LogP contribution in [0.2, 0.25) is 0 Å². The van der Waals surface area contributed by atoms with Gasteiger partial charge in [-0.2, -0.15) is 13.2 Å². The molecule has 0 fully saturated rings. The van der Waals surface area contributed by atoms with Crippen LogP contribution in [-0.2, 0) is 0 Å². The van der Waals surface area contributed by atoms with Gasteiger partial charge in [-0.1, -0.05) is 0 Å². The summed E-state index contributed by atoms with van der Waals surface area (Å²) >= 11 is 0. The second-order valence-electron chi connectivity index (χ2n) is 3.57. The van der Waals surface area contributed by atoms with Crippen molar-refractivity contribution in [2.45, 2.75) is 25.4 Å². The van der Waals surface area contributed by atoms with E-state index in [0.717, 1.165) is 5.69 Å². The molecule has 0 aliphatic heterocycles. The minimum Gasteiger partial charge on any atom is -0.385 e. The molecule has 4 nitrogen and oxygen atoms in total. The third-order valence-electron chi connectivity index (χ3n) is 2.12. The summed E-state index contributed by atoms with van der Waals surface area (Å²) in [5, 5.41) is 3.00. The first-order valence-corrected chi connectivity index (χ1v) is 5.24. The highest BCUT2D eigenvalue weighted by atomic mass is 19.4. The molecule has 96 valence electrons. The first-order chi connectivity index (χ1) is 8.01. The van der Waals surface area contributed by atoms with Crippen molar-refractivity contribution in [1.29, 1.82) is 0 Å². The Kier molecular flexibility index (Phi) is 5.02. The molecular weight excluding hydrogens is 233 g/mol. The minimum atomic E-state index is -4.06. The number of hydrogen-bond donors (Lipinski definition) is 3. The van der Waals surface area contributed by atoms with Crippen LogP contribution in [0.3, 0.4) is 0 Å². The fourth-order valence-corrected chi connectivity index (χ4v) is 1.30. The number of unbranched alkanes of at least 4 members (excludes halogenated alkanes) is 1. The molecule has 0 aliphatic carbocycles. The molecule has 1 aromatic heterocycles. The van der Waals surface area contributed by atoms with Crippen LogP contribution in [-0.4, -0.2) is 17.7 Å². The molecule has 1 aromatic rings. The van der Waals surface area contributed by atoms with E-state index in [0.29, 0.717) is 18.8 Å². The molecule has 0 saturated carbocycles. The standard InChI is InChI=1S/C10H15F3N4/c11-10(12,13)4-1-2-5-15-8-3-6-16-9(7-8)17-14/h3,6-7H,1-2,4-5,14H2,(H2,15,16,17). The van der Waals surface area contributed by atoms with Gasteiger partial charge >= 0.3 is 6.18 Å². The van der Waals surface area contributed by atoms with Crippen molar-refractivity contribution < 1.29 is 13.2 Å². The zero-order valence-corrected chi connectivity index (χ0v) is 9.22. The van der Waals surface area contributed by atoms with Crippen molar-refractivity contribution in [2.75, 3.05) is 17.3 Å². The zero-order valence-electron chi connectivity index (χ0n) is 9.22. The number of nitrogens with two attached hydrogens (primary N) is 1. The van der Waals surface area contributed by atoms with Crippen LogP contribution in [0.15, 0.2) is 18.3 Å². The summed E-state index contributed by atoms with van der Waals surface area (Å²) in [6.45, 7) is 0.490. The minimum absolute atomic E-state index is 0.129. The van der Waals surface area contributed by atoms with Crippen LogP contribution >= 0.6 is 0 Å². The molecule has 0 aliphatic rings. The van der Waals surface area contributed by atoms with Gasteiger partial charge in [-0.05, 0) is 18.9 Å².